The number of carbonyl (C=O) groups is 2. The molecule has 0 radical (unpaired) electrons. The molecular weight excluding hydrogens is 378 g/mol. The highest BCUT2D eigenvalue weighted by atomic mass is 35.5. The number of anilines is 1. The van der Waals surface area contributed by atoms with Crippen LogP contribution < -0.4 is 10.1 Å². The van der Waals surface area contributed by atoms with Crippen LogP contribution in [0.1, 0.15) is 44.2 Å². The summed E-state index contributed by atoms with van der Waals surface area (Å²) in [4.78, 5) is 24.4. The molecule has 0 spiro atoms. The molecular formula is C22H26ClNO4. The molecule has 0 unspecified atom stereocenters. The monoisotopic (exact) mass is 403 g/mol. The number of hydrogen-bond donors (Lipinski definition) is 1. The van der Waals surface area contributed by atoms with Gasteiger partial charge in [0, 0.05) is 10.7 Å². The van der Waals surface area contributed by atoms with Gasteiger partial charge in [0.15, 0.2) is 12.7 Å². The fourth-order valence-corrected chi connectivity index (χ4v) is 2.75. The summed E-state index contributed by atoms with van der Waals surface area (Å²) in [5, 5.41) is 3.47. The zero-order chi connectivity index (χ0) is 20.7. The van der Waals surface area contributed by atoms with E-state index in [4.69, 9.17) is 21.1 Å². The van der Waals surface area contributed by atoms with E-state index in [1.807, 2.05) is 31.2 Å². The molecule has 5 nitrogen and oxygen atoms in total. The number of hydrogen-bond acceptors (Lipinski definition) is 4. The van der Waals surface area contributed by atoms with Crippen molar-refractivity contribution >= 4 is 29.2 Å². The normalized spacial score (nSPS) is 12.8. The van der Waals surface area contributed by atoms with Crippen LogP contribution in [0, 0.1) is 6.92 Å². The van der Waals surface area contributed by atoms with Crippen LogP contribution in [0.15, 0.2) is 42.5 Å². The lowest BCUT2D eigenvalue weighted by atomic mass is 9.97. The fraction of sp³-hybridized carbons (Fsp3) is 0.364. The quantitative estimate of drug-likeness (QED) is 0.622. The third-order valence-corrected chi connectivity index (χ3v) is 4.95. The van der Waals surface area contributed by atoms with Gasteiger partial charge >= 0.3 is 5.97 Å². The molecule has 0 aliphatic carbocycles. The maximum atomic E-state index is 12.4. The van der Waals surface area contributed by atoms with Gasteiger partial charge in [-0.1, -0.05) is 43.6 Å². The maximum Gasteiger partial charge on any atom is 0.344 e. The largest absolute Gasteiger partial charge is 0.482 e. The first-order valence-electron chi connectivity index (χ1n) is 9.30. The van der Waals surface area contributed by atoms with Gasteiger partial charge in [-0.3, -0.25) is 4.79 Å². The fourth-order valence-electron chi connectivity index (χ4n) is 2.63. The minimum absolute atomic E-state index is 0.290. The second kappa shape index (κ2) is 10.1. The number of ether oxygens (including phenoxy) is 2. The summed E-state index contributed by atoms with van der Waals surface area (Å²) >= 11 is 5.96. The van der Waals surface area contributed by atoms with Crippen LogP contribution >= 0.6 is 11.6 Å². The Morgan fingerprint density at radius 2 is 1.86 bits per heavy atom. The average molecular weight is 404 g/mol. The van der Waals surface area contributed by atoms with E-state index in [0.717, 1.165) is 23.2 Å². The number of nitrogens with one attached hydrogen (secondary N) is 1. The molecule has 0 aliphatic heterocycles. The molecule has 0 aliphatic rings. The molecule has 2 aromatic carbocycles. The molecule has 1 amide bonds. The molecule has 0 bridgehead atoms. The Balaban J connectivity index is 1.89. The predicted molar refractivity (Wildman–Crippen MR) is 111 cm³/mol. The zero-order valence-corrected chi connectivity index (χ0v) is 17.4. The van der Waals surface area contributed by atoms with E-state index in [2.05, 4.69) is 19.2 Å². The van der Waals surface area contributed by atoms with E-state index in [9.17, 15) is 9.59 Å². The highest BCUT2D eigenvalue weighted by Crippen LogP contribution is 2.26. The van der Waals surface area contributed by atoms with Crippen molar-refractivity contribution in [3.8, 4) is 5.75 Å². The summed E-state index contributed by atoms with van der Waals surface area (Å²) in [5.41, 5.74) is 2.64. The number of carbonyl (C=O) groups excluding carboxylic acids is 2. The summed E-state index contributed by atoms with van der Waals surface area (Å²) < 4.78 is 10.6. The Hall–Kier alpha value is -2.53. The molecule has 0 saturated carbocycles. The lowest BCUT2D eigenvalue weighted by Crippen LogP contribution is -2.32. The first-order chi connectivity index (χ1) is 13.3. The van der Waals surface area contributed by atoms with E-state index in [-0.39, 0.29) is 12.5 Å². The Morgan fingerprint density at radius 1 is 1.14 bits per heavy atom. The third-order valence-electron chi connectivity index (χ3n) is 4.53. The Bertz CT molecular complexity index is 837. The highest BCUT2D eigenvalue weighted by molar-refractivity contribution is 6.31. The molecule has 2 atom stereocenters. The molecule has 2 aromatic rings. The van der Waals surface area contributed by atoms with Crippen molar-refractivity contribution in [1.82, 2.24) is 0 Å². The molecule has 0 heterocycles. The van der Waals surface area contributed by atoms with Crippen LogP contribution in [0.3, 0.4) is 0 Å². The molecule has 0 saturated heterocycles. The first kappa shape index (κ1) is 21.8. The van der Waals surface area contributed by atoms with Gasteiger partial charge in [0.05, 0.1) is 0 Å². The SMILES string of the molecule is CC[C@H](C)c1ccccc1NC(=O)[C@H](C)OC(=O)COc1ccc(Cl)c(C)c1. The number of aryl methyl sites for hydroxylation is 1. The van der Waals surface area contributed by atoms with Gasteiger partial charge in [-0.25, -0.2) is 4.79 Å². The topological polar surface area (TPSA) is 64.6 Å². The van der Waals surface area contributed by atoms with Crippen LogP contribution in [0.5, 0.6) is 5.75 Å². The van der Waals surface area contributed by atoms with Gasteiger partial charge in [0.25, 0.3) is 5.91 Å². The predicted octanol–water partition coefficient (Wildman–Crippen LogP) is 5.11. The zero-order valence-electron chi connectivity index (χ0n) is 16.6. The summed E-state index contributed by atoms with van der Waals surface area (Å²) in [6, 6.07) is 12.7. The summed E-state index contributed by atoms with van der Waals surface area (Å²) in [5.74, 6) is -0.180. The van der Waals surface area contributed by atoms with Crippen molar-refractivity contribution in [2.45, 2.75) is 46.1 Å². The van der Waals surface area contributed by atoms with E-state index in [1.54, 1.807) is 18.2 Å². The maximum absolute atomic E-state index is 12.4. The lowest BCUT2D eigenvalue weighted by molar-refractivity contribution is -0.155. The van der Waals surface area contributed by atoms with Crippen LogP contribution in [-0.2, 0) is 14.3 Å². The second-order valence-electron chi connectivity index (χ2n) is 6.72. The molecule has 0 fully saturated rings. The van der Waals surface area contributed by atoms with E-state index in [1.165, 1.54) is 6.92 Å². The van der Waals surface area contributed by atoms with Crippen LogP contribution in [0.4, 0.5) is 5.69 Å². The second-order valence-corrected chi connectivity index (χ2v) is 7.12. The minimum Gasteiger partial charge on any atom is -0.482 e. The van der Waals surface area contributed by atoms with Crippen molar-refractivity contribution in [3.63, 3.8) is 0 Å². The molecule has 0 aromatic heterocycles. The number of esters is 1. The average Bonchev–Trinajstić information content (AvgIpc) is 2.68. The number of rotatable bonds is 8. The van der Waals surface area contributed by atoms with Gasteiger partial charge in [-0.05, 0) is 61.6 Å². The number of amides is 1. The van der Waals surface area contributed by atoms with E-state index >= 15 is 0 Å². The first-order valence-corrected chi connectivity index (χ1v) is 9.67. The van der Waals surface area contributed by atoms with Crippen molar-refractivity contribution in [3.05, 3.63) is 58.6 Å². The van der Waals surface area contributed by atoms with Crippen LogP contribution in [0.2, 0.25) is 5.02 Å². The molecule has 150 valence electrons. The van der Waals surface area contributed by atoms with Crippen molar-refractivity contribution < 1.29 is 19.1 Å². The highest BCUT2D eigenvalue weighted by Gasteiger charge is 2.20. The number of para-hydroxylation sites is 1. The van der Waals surface area contributed by atoms with Crippen LogP contribution in [0.25, 0.3) is 0 Å². The van der Waals surface area contributed by atoms with Crippen molar-refractivity contribution in [2.75, 3.05) is 11.9 Å². The Kier molecular flexibility index (Phi) is 7.88. The lowest BCUT2D eigenvalue weighted by Gasteiger charge is -2.18. The van der Waals surface area contributed by atoms with E-state index < -0.39 is 12.1 Å². The van der Waals surface area contributed by atoms with Gasteiger partial charge < -0.3 is 14.8 Å². The summed E-state index contributed by atoms with van der Waals surface area (Å²) in [7, 11) is 0. The summed E-state index contributed by atoms with van der Waals surface area (Å²) in [6.07, 6.45) is 0.0203. The van der Waals surface area contributed by atoms with Gasteiger partial charge in [-0.15, -0.1) is 0 Å². The van der Waals surface area contributed by atoms with Crippen molar-refractivity contribution in [1.29, 1.82) is 0 Å². The van der Waals surface area contributed by atoms with Gasteiger partial charge in [0.1, 0.15) is 5.75 Å². The third kappa shape index (κ3) is 5.99. The molecule has 28 heavy (non-hydrogen) atoms. The molecule has 1 N–H and O–H groups in total. The van der Waals surface area contributed by atoms with Gasteiger partial charge in [0.2, 0.25) is 0 Å². The molecule has 2 rings (SSSR count). The van der Waals surface area contributed by atoms with E-state index in [0.29, 0.717) is 16.7 Å². The Labute approximate surface area is 171 Å². The van der Waals surface area contributed by atoms with Crippen molar-refractivity contribution in [2.24, 2.45) is 0 Å². The minimum atomic E-state index is -0.937. The van der Waals surface area contributed by atoms with Gasteiger partial charge in [-0.2, -0.15) is 0 Å². The standard InChI is InChI=1S/C22H26ClNO4/c1-5-14(2)18-8-6-7-9-20(18)24-22(26)16(4)28-21(25)13-27-17-10-11-19(23)15(3)12-17/h6-12,14,16H,5,13H2,1-4H3,(H,24,26)/t14-,16-/m0/s1. The van der Waals surface area contributed by atoms with Crippen LogP contribution in [-0.4, -0.2) is 24.6 Å². The number of benzene rings is 2. The summed E-state index contributed by atoms with van der Waals surface area (Å²) in [6.45, 7) is 7.28. The number of halogens is 1. The Morgan fingerprint density at radius 3 is 2.54 bits per heavy atom. The smallest absolute Gasteiger partial charge is 0.344 e. The molecule has 6 heteroatoms.